The predicted molar refractivity (Wildman–Crippen MR) is 68.1 cm³/mol. The van der Waals surface area contributed by atoms with Crippen LogP contribution in [0, 0.1) is 0 Å². The number of hydrogen-bond donors (Lipinski definition) is 1. The van der Waals surface area contributed by atoms with Gasteiger partial charge in [-0.05, 0) is 6.92 Å². The Bertz CT molecular complexity index is 430. The Morgan fingerprint density at radius 2 is 2.11 bits per heavy atom. The van der Waals surface area contributed by atoms with Crippen LogP contribution in [0.1, 0.15) is 6.92 Å². The predicted octanol–water partition coefficient (Wildman–Crippen LogP) is -0.263. The normalized spacial score (nSPS) is 17.8. The van der Waals surface area contributed by atoms with Crippen molar-refractivity contribution >= 4 is 23.6 Å². The van der Waals surface area contributed by atoms with E-state index >= 15 is 0 Å². The van der Waals surface area contributed by atoms with Crippen molar-refractivity contribution in [2.24, 2.45) is 7.05 Å². The molecule has 0 radical (unpaired) electrons. The lowest BCUT2D eigenvalue weighted by Gasteiger charge is -2.28. The maximum atomic E-state index is 12.2. The molecule has 1 aliphatic heterocycles. The second-order valence-electron chi connectivity index (χ2n) is 4.10. The van der Waals surface area contributed by atoms with Crippen molar-refractivity contribution in [2.75, 3.05) is 32.0 Å². The van der Waals surface area contributed by atoms with Gasteiger partial charge in [-0.1, -0.05) is 11.8 Å². The Labute approximate surface area is 110 Å². The number of rotatable bonds is 3. The molecule has 0 aliphatic carbocycles. The highest BCUT2D eigenvalue weighted by molar-refractivity contribution is 8.00. The van der Waals surface area contributed by atoms with Crippen molar-refractivity contribution in [2.45, 2.75) is 17.3 Å². The molecular formula is C10H17N5O2S. The molecule has 2 rings (SSSR count). The van der Waals surface area contributed by atoms with Crippen molar-refractivity contribution in [3.63, 3.8) is 0 Å². The largest absolute Gasteiger partial charge is 0.378 e. The van der Waals surface area contributed by atoms with Gasteiger partial charge in [-0.2, -0.15) is 0 Å². The second kappa shape index (κ2) is 5.57. The lowest BCUT2D eigenvalue weighted by Crippen LogP contribution is -2.44. The standard InChI is InChI=1S/C10H17N5O2S/c1-7(8(16)15-3-5-17-6-4-15)18-10-13-12-9(11)14(10)2/h7H,3-6H2,1-2H3,(H2,11,12). The third-order valence-corrected chi connectivity index (χ3v) is 3.94. The summed E-state index contributed by atoms with van der Waals surface area (Å²) in [6.45, 7) is 4.41. The molecule has 0 saturated carbocycles. The lowest BCUT2D eigenvalue weighted by molar-refractivity contribution is -0.134. The number of amides is 1. The highest BCUT2D eigenvalue weighted by Gasteiger charge is 2.24. The van der Waals surface area contributed by atoms with Gasteiger partial charge in [0.2, 0.25) is 11.9 Å². The first-order chi connectivity index (χ1) is 8.59. The van der Waals surface area contributed by atoms with E-state index in [2.05, 4.69) is 10.2 Å². The minimum Gasteiger partial charge on any atom is -0.378 e. The minimum absolute atomic E-state index is 0.102. The Balaban J connectivity index is 1.96. The van der Waals surface area contributed by atoms with Gasteiger partial charge in [0.05, 0.1) is 18.5 Å². The number of morpholine rings is 1. The summed E-state index contributed by atoms with van der Waals surface area (Å²) in [6, 6.07) is 0. The summed E-state index contributed by atoms with van der Waals surface area (Å²) < 4.78 is 6.90. The summed E-state index contributed by atoms with van der Waals surface area (Å²) in [5.74, 6) is 0.452. The molecule has 1 aromatic heterocycles. The first-order valence-electron chi connectivity index (χ1n) is 5.77. The molecule has 1 atom stereocenters. The molecule has 1 fully saturated rings. The molecule has 18 heavy (non-hydrogen) atoms. The van der Waals surface area contributed by atoms with Crippen molar-refractivity contribution in [1.82, 2.24) is 19.7 Å². The van der Waals surface area contributed by atoms with Gasteiger partial charge in [0.1, 0.15) is 0 Å². The highest BCUT2D eigenvalue weighted by atomic mass is 32.2. The van der Waals surface area contributed by atoms with Gasteiger partial charge < -0.3 is 15.4 Å². The maximum absolute atomic E-state index is 12.2. The van der Waals surface area contributed by atoms with Crippen molar-refractivity contribution < 1.29 is 9.53 Å². The molecule has 1 aromatic rings. The van der Waals surface area contributed by atoms with Gasteiger partial charge >= 0.3 is 0 Å². The number of ether oxygens (including phenoxy) is 1. The van der Waals surface area contributed by atoms with Gasteiger partial charge in [0.25, 0.3) is 0 Å². The molecular weight excluding hydrogens is 254 g/mol. The summed E-state index contributed by atoms with van der Waals surface area (Å²) in [5.41, 5.74) is 5.60. The summed E-state index contributed by atoms with van der Waals surface area (Å²) in [4.78, 5) is 14.0. The first kappa shape index (κ1) is 13.2. The Hall–Kier alpha value is -1.28. The van der Waals surface area contributed by atoms with E-state index in [4.69, 9.17) is 10.5 Å². The molecule has 0 aromatic carbocycles. The number of hydrogen-bond acceptors (Lipinski definition) is 6. The number of anilines is 1. The molecule has 2 N–H and O–H groups in total. The van der Waals surface area contributed by atoms with E-state index in [1.165, 1.54) is 11.8 Å². The zero-order chi connectivity index (χ0) is 13.1. The van der Waals surface area contributed by atoms with Gasteiger partial charge in [0, 0.05) is 20.1 Å². The molecule has 0 spiro atoms. The molecule has 0 bridgehead atoms. The quantitative estimate of drug-likeness (QED) is 0.762. The molecule has 100 valence electrons. The molecule has 2 heterocycles. The average molecular weight is 271 g/mol. The molecule has 7 nitrogen and oxygen atoms in total. The first-order valence-corrected chi connectivity index (χ1v) is 6.65. The third kappa shape index (κ3) is 2.75. The fourth-order valence-electron chi connectivity index (χ4n) is 1.68. The van der Waals surface area contributed by atoms with Crippen LogP contribution < -0.4 is 5.73 Å². The Morgan fingerprint density at radius 3 is 2.67 bits per heavy atom. The van der Waals surface area contributed by atoms with Crippen LogP contribution in [-0.2, 0) is 16.6 Å². The highest BCUT2D eigenvalue weighted by Crippen LogP contribution is 2.23. The van der Waals surface area contributed by atoms with E-state index in [1.54, 1.807) is 11.6 Å². The van der Waals surface area contributed by atoms with Crippen LogP contribution in [0.25, 0.3) is 0 Å². The van der Waals surface area contributed by atoms with Crippen LogP contribution in [0.2, 0.25) is 0 Å². The van der Waals surface area contributed by atoms with Gasteiger partial charge in [-0.3, -0.25) is 9.36 Å². The van der Waals surface area contributed by atoms with Crippen molar-refractivity contribution in [3.05, 3.63) is 0 Å². The van der Waals surface area contributed by atoms with E-state index in [9.17, 15) is 4.79 Å². The Morgan fingerprint density at radius 1 is 1.44 bits per heavy atom. The van der Waals surface area contributed by atoms with Gasteiger partial charge in [-0.15, -0.1) is 10.2 Å². The summed E-state index contributed by atoms with van der Waals surface area (Å²) in [6.07, 6.45) is 0. The number of nitrogens with two attached hydrogens (primary N) is 1. The number of carbonyl (C=O) groups is 1. The van der Waals surface area contributed by atoms with Crippen LogP contribution in [0.5, 0.6) is 0 Å². The molecule has 1 unspecified atom stereocenters. The monoisotopic (exact) mass is 271 g/mol. The van der Waals surface area contributed by atoms with Gasteiger partial charge in [-0.25, -0.2) is 0 Å². The van der Waals surface area contributed by atoms with Crippen molar-refractivity contribution in [3.8, 4) is 0 Å². The lowest BCUT2D eigenvalue weighted by atomic mass is 10.3. The number of thioether (sulfide) groups is 1. The molecule has 1 saturated heterocycles. The number of nitrogen functional groups attached to an aromatic ring is 1. The maximum Gasteiger partial charge on any atom is 0.236 e. The number of nitrogens with zero attached hydrogens (tertiary/aromatic N) is 4. The van der Waals surface area contributed by atoms with Crippen LogP contribution in [0.3, 0.4) is 0 Å². The summed E-state index contributed by atoms with van der Waals surface area (Å²) >= 11 is 1.37. The fraction of sp³-hybridized carbons (Fsp3) is 0.700. The zero-order valence-electron chi connectivity index (χ0n) is 10.5. The minimum atomic E-state index is -0.203. The second-order valence-corrected chi connectivity index (χ2v) is 5.41. The van der Waals surface area contributed by atoms with E-state index in [1.807, 2.05) is 11.8 Å². The van der Waals surface area contributed by atoms with Crippen molar-refractivity contribution in [1.29, 1.82) is 0 Å². The molecule has 1 amide bonds. The SMILES string of the molecule is CC(Sc1nnc(N)n1C)C(=O)N1CCOCC1. The Kier molecular flexibility index (Phi) is 4.07. The van der Waals surface area contributed by atoms with Crippen LogP contribution >= 0.6 is 11.8 Å². The number of carbonyl (C=O) groups excluding carboxylic acids is 1. The van der Waals surface area contributed by atoms with E-state index in [0.717, 1.165) is 0 Å². The van der Waals surface area contributed by atoms with Crippen LogP contribution in [-0.4, -0.2) is 57.1 Å². The third-order valence-electron chi connectivity index (χ3n) is 2.82. The van der Waals surface area contributed by atoms with E-state index in [-0.39, 0.29) is 11.2 Å². The fourth-order valence-corrected chi connectivity index (χ4v) is 2.58. The topological polar surface area (TPSA) is 86.3 Å². The summed E-state index contributed by atoms with van der Waals surface area (Å²) in [5, 5.41) is 8.16. The molecule has 8 heteroatoms. The smallest absolute Gasteiger partial charge is 0.236 e. The van der Waals surface area contributed by atoms with E-state index in [0.29, 0.717) is 37.4 Å². The molecule has 1 aliphatic rings. The van der Waals surface area contributed by atoms with E-state index < -0.39 is 0 Å². The average Bonchev–Trinajstić information content (AvgIpc) is 2.71. The van der Waals surface area contributed by atoms with Gasteiger partial charge in [0.15, 0.2) is 5.16 Å². The zero-order valence-corrected chi connectivity index (χ0v) is 11.3. The summed E-state index contributed by atoms with van der Waals surface area (Å²) in [7, 11) is 1.78. The van der Waals surface area contributed by atoms with Crippen LogP contribution in [0.15, 0.2) is 5.16 Å². The number of aromatic nitrogens is 3. The van der Waals surface area contributed by atoms with Crippen LogP contribution in [0.4, 0.5) is 5.95 Å².